The molecule has 0 bridgehead atoms. The Hall–Kier alpha value is -2.01. The van der Waals surface area contributed by atoms with Crippen LogP contribution in [-0.4, -0.2) is 15.0 Å². The third-order valence-corrected chi connectivity index (χ3v) is 2.58. The van der Waals surface area contributed by atoms with Crippen LogP contribution in [0.15, 0.2) is 30.5 Å². The highest BCUT2D eigenvalue weighted by Gasteiger charge is 2.09. The van der Waals surface area contributed by atoms with E-state index in [4.69, 9.17) is 22.7 Å². The van der Waals surface area contributed by atoms with Crippen LogP contribution in [0.3, 0.4) is 0 Å². The van der Waals surface area contributed by atoms with Crippen molar-refractivity contribution >= 4 is 17.2 Å². The summed E-state index contributed by atoms with van der Waals surface area (Å²) < 4.78 is 5.67. The fraction of sp³-hybridized carbons (Fsp3) is 0.154. The Balaban J connectivity index is 2.35. The fourth-order valence-electron chi connectivity index (χ4n) is 1.42. The highest BCUT2D eigenvalue weighted by atomic mass is 32.1. The average Bonchev–Trinajstić information content (AvgIpc) is 2.32. The third-order valence-electron chi connectivity index (χ3n) is 2.36. The smallest absolute Gasteiger partial charge is 0.229 e. The second-order valence-corrected chi connectivity index (χ2v) is 4.35. The predicted molar refractivity (Wildman–Crippen MR) is 73.9 cm³/mol. The maximum Gasteiger partial charge on any atom is 0.229 e. The van der Waals surface area contributed by atoms with Gasteiger partial charge in [-0.1, -0.05) is 12.2 Å². The minimum Gasteiger partial charge on any atom is -0.437 e. The summed E-state index contributed by atoms with van der Waals surface area (Å²) in [6.07, 6.45) is 1.64. The van der Waals surface area contributed by atoms with E-state index >= 15 is 0 Å². The lowest BCUT2D eigenvalue weighted by Crippen LogP contribution is -2.12. The molecule has 2 aromatic rings. The van der Waals surface area contributed by atoms with Crippen LogP contribution in [0.5, 0.6) is 11.6 Å². The molecule has 0 saturated carbocycles. The molecule has 92 valence electrons. The number of aryl methyl sites for hydroxylation is 2. The van der Waals surface area contributed by atoms with Gasteiger partial charge in [0.2, 0.25) is 5.88 Å². The van der Waals surface area contributed by atoms with Crippen molar-refractivity contribution in [1.29, 1.82) is 0 Å². The molecule has 0 amide bonds. The molecule has 0 aliphatic heterocycles. The summed E-state index contributed by atoms with van der Waals surface area (Å²) in [4.78, 5) is 8.71. The Morgan fingerprint density at radius 1 is 1.17 bits per heavy atom. The number of aromatic nitrogens is 2. The Morgan fingerprint density at radius 2 is 1.89 bits per heavy atom. The molecule has 18 heavy (non-hydrogen) atoms. The molecule has 0 atom stereocenters. The molecule has 2 rings (SSSR count). The minimum absolute atomic E-state index is 0.262. The maximum atomic E-state index is 5.67. The first-order valence-corrected chi connectivity index (χ1v) is 5.85. The van der Waals surface area contributed by atoms with Gasteiger partial charge in [-0.05, 0) is 38.1 Å². The summed E-state index contributed by atoms with van der Waals surface area (Å²) in [7, 11) is 0. The fourth-order valence-corrected chi connectivity index (χ4v) is 1.58. The van der Waals surface area contributed by atoms with E-state index in [1.54, 1.807) is 6.20 Å². The predicted octanol–water partition coefficient (Wildman–Crippen LogP) is 2.52. The molecule has 0 unspecified atom stereocenters. The van der Waals surface area contributed by atoms with Crippen molar-refractivity contribution in [3.8, 4) is 11.6 Å². The van der Waals surface area contributed by atoms with E-state index in [1.807, 2.05) is 38.1 Å². The highest BCUT2D eigenvalue weighted by molar-refractivity contribution is 7.80. The first-order valence-electron chi connectivity index (χ1n) is 5.44. The summed E-state index contributed by atoms with van der Waals surface area (Å²) in [5.74, 6) is 1.02. The van der Waals surface area contributed by atoms with Crippen molar-refractivity contribution in [3.05, 3.63) is 47.4 Å². The largest absolute Gasteiger partial charge is 0.437 e. The van der Waals surface area contributed by atoms with Crippen LogP contribution in [0.1, 0.15) is 17.0 Å². The molecular formula is C13H13N3OS. The first kappa shape index (κ1) is 12.4. The molecule has 5 heteroatoms. The molecule has 2 N–H and O–H groups in total. The van der Waals surface area contributed by atoms with Gasteiger partial charge in [-0.15, -0.1) is 0 Å². The summed E-state index contributed by atoms with van der Waals surface area (Å²) in [6, 6.07) is 7.34. The van der Waals surface area contributed by atoms with Crippen LogP contribution in [0.25, 0.3) is 0 Å². The lowest BCUT2D eigenvalue weighted by atomic mass is 10.2. The number of pyridine rings is 2. The Kier molecular flexibility index (Phi) is 3.53. The van der Waals surface area contributed by atoms with Gasteiger partial charge in [0.05, 0.1) is 11.8 Å². The average molecular weight is 259 g/mol. The molecule has 0 fully saturated rings. The van der Waals surface area contributed by atoms with Gasteiger partial charge in [-0.2, -0.15) is 0 Å². The number of nitrogens with two attached hydrogens (primary N) is 1. The number of hydrogen-bond donors (Lipinski definition) is 1. The lowest BCUT2D eigenvalue weighted by Gasteiger charge is -2.09. The molecule has 0 saturated heterocycles. The minimum atomic E-state index is 0.262. The molecule has 0 aliphatic carbocycles. The SMILES string of the molecule is Cc1ccc(Oc2nc(C)ccc2C(N)=S)cn1. The van der Waals surface area contributed by atoms with Gasteiger partial charge in [0.15, 0.2) is 0 Å². The normalized spacial score (nSPS) is 10.1. The number of ether oxygens (including phenoxy) is 1. The number of rotatable bonds is 3. The topological polar surface area (TPSA) is 61.0 Å². The van der Waals surface area contributed by atoms with Crippen LogP contribution in [0, 0.1) is 13.8 Å². The van der Waals surface area contributed by atoms with Crippen molar-refractivity contribution in [3.63, 3.8) is 0 Å². The second kappa shape index (κ2) is 5.10. The van der Waals surface area contributed by atoms with Crippen molar-refractivity contribution < 1.29 is 4.74 Å². The number of thiocarbonyl (C=S) groups is 1. The van der Waals surface area contributed by atoms with Crippen molar-refractivity contribution in [2.45, 2.75) is 13.8 Å². The van der Waals surface area contributed by atoms with Crippen LogP contribution >= 0.6 is 12.2 Å². The Bertz CT molecular complexity index is 581. The molecule has 2 heterocycles. The number of nitrogens with zero attached hydrogens (tertiary/aromatic N) is 2. The molecule has 2 aromatic heterocycles. The van der Waals surface area contributed by atoms with E-state index in [0.717, 1.165) is 11.4 Å². The van der Waals surface area contributed by atoms with Gasteiger partial charge < -0.3 is 10.5 Å². The molecule has 0 spiro atoms. The summed E-state index contributed by atoms with van der Waals surface area (Å²) >= 11 is 4.97. The van der Waals surface area contributed by atoms with Gasteiger partial charge in [-0.25, -0.2) is 4.98 Å². The summed E-state index contributed by atoms with van der Waals surface area (Å²) in [5.41, 5.74) is 8.02. The molecular weight excluding hydrogens is 246 g/mol. The lowest BCUT2D eigenvalue weighted by molar-refractivity contribution is 0.458. The third kappa shape index (κ3) is 2.81. The van der Waals surface area contributed by atoms with Gasteiger partial charge in [0.1, 0.15) is 10.7 Å². The molecule has 4 nitrogen and oxygen atoms in total. The summed E-state index contributed by atoms with van der Waals surface area (Å²) in [6.45, 7) is 3.79. The maximum absolute atomic E-state index is 5.67. The van der Waals surface area contributed by atoms with E-state index in [2.05, 4.69) is 9.97 Å². The van der Waals surface area contributed by atoms with E-state index in [1.165, 1.54) is 0 Å². The zero-order valence-electron chi connectivity index (χ0n) is 10.2. The van der Waals surface area contributed by atoms with E-state index in [9.17, 15) is 0 Å². The number of hydrogen-bond acceptors (Lipinski definition) is 4. The molecule has 0 aliphatic rings. The van der Waals surface area contributed by atoms with Crippen LogP contribution in [-0.2, 0) is 0 Å². The van der Waals surface area contributed by atoms with Crippen molar-refractivity contribution in [1.82, 2.24) is 9.97 Å². The zero-order valence-corrected chi connectivity index (χ0v) is 11.0. The first-order chi connectivity index (χ1) is 8.56. The monoisotopic (exact) mass is 259 g/mol. The van der Waals surface area contributed by atoms with Crippen molar-refractivity contribution in [2.24, 2.45) is 5.73 Å². The van der Waals surface area contributed by atoms with Crippen LogP contribution in [0.4, 0.5) is 0 Å². The van der Waals surface area contributed by atoms with E-state index in [-0.39, 0.29) is 4.99 Å². The standard InChI is InChI=1S/C13H13N3OS/c1-8-3-5-10(7-15-8)17-13-11(12(14)18)6-4-9(2)16-13/h3-7H,1-2H3,(H2,14,18). The van der Waals surface area contributed by atoms with Crippen molar-refractivity contribution in [2.75, 3.05) is 0 Å². The van der Waals surface area contributed by atoms with Gasteiger partial charge in [-0.3, -0.25) is 4.98 Å². The van der Waals surface area contributed by atoms with E-state index < -0.39 is 0 Å². The summed E-state index contributed by atoms with van der Waals surface area (Å²) in [5, 5.41) is 0. The van der Waals surface area contributed by atoms with Crippen LogP contribution in [0.2, 0.25) is 0 Å². The van der Waals surface area contributed by atoms with Gasteiger partial charge in [0, 0.05) is 11.4 Å². The Morgan fingerprint density at radius 3 is 2.50 bits per heavy atom. The molecule has 0 radical (unpaired) electrons. The van der Waals surface area contributed by atoms with Crippen LogP contribution < -0.4 is 10.5 Å². The Labute approximate surface area is 111 Å². The van der Waals surface area contributed by atoms with Gasteiger partial charge in [0.25, 0.3) is 0 Å². The highest BCUT2D eigenvalue weighted by Crippen LogP contribution is 2.23. The zero-order chi connectivity index (χ0) is 13.1. The quantitative estimate of drug-likeness (QED) is 0.858. The van der Waals surface area contributed by atoms with Gasteiger partial charge >= 0.3 is 0 Å². The molecule has 0 aromatic carbocycles. The van der Waals surface area contributed by atoms with E-state index in [0.29, 0.717) is 17.2 Å². The second-order valence-electron chi connectivity index (χ2n) is 3.91.